The Morgan fingerprint density at radius 3 is 2.87 bits per heavy atom. The van der Waals surface area contributed by atoms with Gasteiger partial charge in [0.05, 0.1) is 0 Å². The molecule has 2 atom stereocenters. The van der Waals surface area contributed by atoms with Gasteiger partial charge in [-0.3, -0.25) is 0 Å². The predicted octanol–water partition coefficient (Wildman–Crippen LogP) is 3.51. The van der Waals surface area contributed by atoms with Crippen LogP contribution in [-0.4, -0.2) is 32.4 Å². The molecule has 120 valence electrons. The van der Waals surface area contributed by atoms with Crippen molar-refractivity contribution in [2.45, 2.75) is 31.7 Å². The van der Waals surface area contributed by atoms with Crippen LogP contribution in [0.1, 0.15) is 37.1 Å². The number of hydrogen-bond donors (Lipinski definition) is 0. The summed E-state index contributed by atoms with van der Waals surface area (Å²) in [5.74, 6) is 0.719. The van der Waals surface area contributed by atoms with Gasteiger partial charge in [-0.15, -0.1) is 15.3 Å². The smallest absolute Gasteiger partial charge is 0.299 e. The maximum absolute atomic E-state index is 13.0. The number of alkyl halides is 2. The van der Waals surface area contributed by atoms with E-state index in [-0.39, 0.29) is 0 Å². The predicted molar refractivity (Wildman–Crippen MR) is 84.2 cm³/mol. The first-order valence-corrected chi connectivity index (χ1v) is 8.37. The van der Waals surface area contributed by atoms with Crippen LogP contribution in [0.15, 0.2) is 29.0 Å². The first-order chi connectivity index (χ1) is 11.1. The minimum atomic E-state index is -2.69. The molecule has 0 spiro atoms. The molecule has 0 aromatic carbocycles. The number of anilines is 1. The van der Waals surface area contributed by atoms with Crippen LogP contribution in [0, 0.1) is 0 Å². The molecule has 0 N–H and O–H groups in total. The van der Waals surface area contributed by atoms with Crippen LogP contribution < -0.4 is 4.90 Å². The third-order valence-corrected chi connectivity index (χ3v) is 5.05. The van der Waals surface area contributed by atoms with E-state index in [1.165, 1.54) is 5.56 Å². The molecule has 23 heavy (non-hydrogen) atoms. The highest BCUT2D eigenvalue weighted by molar-refractivity contribution is 7.08. The minimum Gasteiger partial charge on any atom is -0.352 e. The second-order valence-corrected chi connectivity index (χ2v) is 6.59. The molecular weight excluding hydrogens is 320 g/mol. The molecule has 1 saturated heterocycles. The highest BCUT2D eigenvalue weighted by Crippen LogP contribution is 2.35. The van der Waals surface area contributed by atoms with Crippen molar-refractivity contribution >= 4 is 22.8 Å². The molecule has 1 fully saturated rings. The van der Waals surface area contributed by atoms with Crippen molar-refractivity contribution in [1.82, 2.24) is 19.8 Å². The Bertz CT molecular complexity index is 817. The van der Waals surface area contributed by atoms with Crippen LogP contribution in [0.3, 0.4) is 0 Å². The lowest BCUT2D eigenvalue weighted by molar-refractivity contribution is 0.137. The van der Waals surface area contributed by atoms with Gasteiger partial charge >= 0.3 is 0 Å². The summed E-state index contributed by atoms with van der Waals surface area (Å²) >= 11 is 1.69. The molecule has 1 aliphatic heterocycles. The Balaban J connectivity index is 1.67. The standard InChI is InChI=1S/C15H15F2N5S/c1-9-6-11(10-4-5-23-8-10)7-21(9)13-3-2-12-18-19-15(14(16)17)22(12)20-13/h2-5,8-9,11,14H,6-7H2,1H3/t9-,11+/m1/s1. The fourth-order valence-electron chi connectivity index (χ4n) is 3.18. The van der Waals surface area contributed by atoms with Crippen LogP contribution in [0.4, 0.5) is 14.6 Å². The van der Waals surface area contributed by atoms with E-state index in [0.717, 1.165) is 17.5 Å². The largest absolute Gasteiger partial charge is 0.352 e. The van der Waals surface area contributed by atoms with Gasteiger partial charge in [0.15, 0.2) is 5.65 Å². The molecule has 3 aromatic rings. The van der Waals surface area contributed by atoms with Crippen molar-refractivity contribution in [2.24, 2.45) is 0 Å². The van der Waals surface area contributed by atoms with Crippen LogP contribution in [-0.2, 0) is 0 Å². The maximum atomic E-state index is 13.0. The highest BCUT2D eigenvalue weighted by Gasteiger charge is 2.31. The summed E-state index contributed by atoms with van der Waals surface area (Å²) in [4.78, 5) is 2.16. The SMILES string of the molecule is C[C@@H]1C[C@H](c2ccsc2)CN1c1ccc2nnc(C(F)F)n2n1. The van der Waals surface area contributed by atoms with Gasteiger partial charge in [-0.2, -0.15) is 15.9 Å². The first kappa shape index (κ1) is 14.5. The molecule has 0 amide bonds. The van der Waals surface area contributed by atoms with Crippen LogP contribution in [0.25, 0.3) is 5.65 Å². The van der Waals surface area contributed by atoms with E-state index in [1.807, 2.05) is 6.07 Å². The second-order valence-electron chi connectivity index (χ2n) is 5.81. The third-order valence-electron chi connectivity index (χ3n) is 4.35. The van der Waals surface area contributed by atoms with Gasteiger partial charge in [-0.1, -0.05) is 0 Å². The molecule has 3 aromatic heterocycles. The van der Waals surface area contributed by atoms with E-state index < -0.39 is 12.2 Å². The molecule has 8 heteroatoms. The monoisotopic (exact) mass is 335 g/mol. The summed E-state index contributed by atoms with van der Waals surface area (Å²) in [7, 11) is 0. The summed E-state index contributed by atoms with van der Waals surface area (Å²) in [6.45, 7) is 2.97. The number of thiophene rings is 1. The number of fused-ring (bicyclic) bond motifs is 1. The van der Waals surface area contributed by atoms with Gasteiger partial charge in [0.2, 0.25) is 5.82 Å². The normalized spacial score (nSPS) is 21.7. The van der Waals surface area contributed by atoms with Crippen LogP contribution in [0.5, 0.6) is 0 Å². The van der Waals surface area contributed by atoms with Crippen molar-refractivity contribution in [3.05, 3.63) is 40.3 Å². The van der Waals surface area contributed by atoms with Crippen molar-refractivity contribution in [2.75, 3.05) is 11.4 Å². The number of aromatic nitrogens is 4. The quantitative estimate of drug-likeness (QED) is 0.735. The average Bonchev–Trinajstić information content (AvgIpc) is 3.25. The van der Waals surface area contributed by atoms with Crippen molar-refractivity contribution < 1.29 is 8.78 Å². The van der Waals surface area contributed by atoms with Gasteiger partial charge < -0.3 is 4.90 Å². The molecule has 0 aliphatic carbocycles. The summed E-state index contributed by atoms with van der Waals surface area (Å²) in [5.41, 5.74) is 1.67. The van der Waals surface area contributed by atoms with Crippen molar-refractivity contribution in [3.8, 4) is 0 Å². The number of nitrogens with zero attached hydrogens (tertiary/aromatic N) is 5. The van der Waals surface area contributed by atoms with Crippen LogP contribution >= 0.6 is 11.3 Å². The minimum absolute atomic E-state index is 0.302. The first-order valence-electron chi connectivity index (χ1n) is 7.42. The molecule has 4 heterocycles. The topological polar surface area (TPSA) is 46.3 Å². The van der Waals surface area contributed by atoms with E-state index in [2.05, 4.69) is 43.9 Å². The van der Waals surface area contributed by atoms with Crippen molar-refractivity contribution in [3.63, 3.8) is 0 Å². The fraction of sp³-hybridized carbons (Fsp3) is 0.400. The van der Waals surface area contributed by atoms with E-state index in [4.69, 9.17) is 0 Å². The molecule has 0 radical (unpaired) electrons. The molecule has 0 saturated carbocycles. The Morgan fingerprint density at radius 1 is 1.26 bits per heavy atom. The zero-order chi connectivity index (χ0) is 16.0. The van der Waals surface area contributed by atoms with Crippen molar-refractivity contribution in [1.29, 1.82) is 0 Å². The molecule has 0 unspecified atom stereocenters. The average molecular weight is 335 g/mol. The molecule has 5 nitrogen and oxygen atoms in total. The summed E-state index contributed by atoms with van der Waals surface area (Å²) < 4.78 is 27.1. The van der Waals surface area contributed by atoms with Gasteiger partial charge in [0.25, 0.3) is 6.43 Å². The lowest BCUT2D eigenvalue weighted by Gasteiger charge is -2.22. The van der Waals surface area contributed by atoms with E-state index in [1.54, 1.807) is 17.4 Å². The van der Waals surface area contributed by atoms with Crippen LogP contribution in [0.2, 0.25) is 0 Å². The molecular formula is C15H15F2N5S. The second kappa shape index (κ2) is 5.52. The lowest BCUT2D eigenvalue weighted by atomic mass is 10.00. The number of halogens is 2. The highest BCUT2D eigenvalue weighted by atomic mass is 32.1. The van der Waals surface area contributed by atoms with Gasteiger partial charge in [-0.25, -0.2) is 8.78 Å². The lowest BCUT2D eigenvalue weighted by Crippen LogP contribution is -2.28. The third kappa shape index (κ3) is 2.46. The number of hydrogen-bond acceptors (Lipinski definition) is 5. The molecule has 4 rings (SSSR count). The molecule has 1 aliphatic rings. The Labute approximate surface area is 135 Å². The summed E-state index contributed by atoms with van der Waals surface area (Å²) in [6, 6.07) is 5.96. The van der Waals surface area contributed by atoms with Gasteiger partial charge in [-0.05, 0) is 47.9 Å². The fourth-order valence-corrected chi connectivity index (χ4v) is 3.93. The molecule has 0 bridgehead atoms. The number of rotatable bonds is 3. The zero-order valence-corrected chi connectivity index (χ0v) is 13.2. The Morgan fingerprint density at radius 2 is 2.13 bits per heavy atom. The Kier molecular flexibility index (Phi) is 3.48. The van der Waals surface area contributed by atoms with E-state index in [0.29, 0.717) is 23.4 Å². The summed E-state index contributed by atoms with van der Waals surface area (Å²) in [6.07, 6.45) is -1.66. The van der Waals surface area contributed by atoms with E-state index >= 15 is 0 Å². The maximum Gasteiger partial charge on any atom is 0.299 e. The van der Waals surface area contributed by atoms with E-state index in [9.17, 15) is 8.78 Å². The van der Waals surface area contributed by atoms with Gasteiger partial charge in [0, 0.05) is 18.5 Å². The summed E-state index contributed by atoms with van der Waals surface area (Å²) in [5, 5.41) is 15.9. The van der Waals surface area contributed by atoms with Gasteiger partial charge in [0.1, 0.15) is 5.82 Å². The zero-order valence-electron chi connectivity index (χ0n) is 12.4. The Hall–Kier alpha value is -2.09.